The van der Waals surface area contributed by atoms with Gasteiger partial charge in [0, 0.05) is 0 Å². The molecule has 12 nitrogen and oxygen atoms in total. The minimum Gasteiger partial charge on any atom is -0.480 e. The van der Waals surface area contributed by atoms with Gasteiger partial charge in [-0.2, -0.15) is 0 Å². The fraction of sp³-hybridized carbons (Fsp3) is 0.194. The lowest BCUT2D eigenvalue weighted by Gasteiger charge is -2.44. The fourth-order valence-corrected chi connectivity index (χ4v) is 4.81. The molecule has 0 bridgehead atoms. The molecule has 1 saturated heterocycles. The molecule has 1 heterocycles. The van der Waals surface area contributed by atoms with E-state index in [0.717, 1.165) is 0 Å². The van der Waals surface area contributed by atoms with Crippen LogP contribution in [0.15, 0.2) is 121 Å². The lowest BCUT2D eigenvalue weighted by molar-refractivity contribution is -0.297. The third kappa shape index (κ3) is 8.69. The molecule has 4 aromatic carbocycles. The molecule has 246 valence electrons. The summed E-state index contributed by atoms with van der Waals surface area (Å²) in [7, 11) is 0. The van der Waals surface area contributed by atoms with Crippen LogP contribution in [0.2, 0.25) is 0 Å². The summed E-state index contributed by atoms with van der Waals surface area (Å²) in [5, 5.41) is 9.40. The van der Waals surface area contributed by atoms with Gasteiger partial charge in [0.05, 0.1) is 22.3 Å². The second-order valence-corrected chi connectivity index (χ2v) is 10.4. The van der Waals surface area contributed by atoms with E-state index in [9.17, 15) is 29.1 Å². The number of hydrogen-bond donors (Lipinski definition) is 1. The van der Waals surface area contributed by atoms with E-state index in [1.807, 2.05) is 0 Å². The predicted octanol–water partition coefficient (Wildman–Crippen LogP) is 4.35. The van der Waals surface area contributed by atoms with E-state index in [4.69, 9.17) is 28.4 Å². The highest BCUT2D eigenvalue weighted by Crippen LogP contribution is 2.31. The summed E-state index contributed by atoms with van der Waals surface area (Å²) in [5.41, 5.74) is 0.568. The first kappa shape index (κ1) is 33.5. The number of rotatable bonds is 12. The van der Waals surface area contributed by atoms with Crippen LogP contribution < -0.4 is 0 Å². The van der Waals surface area contributed by atoms with Crippen LogP contribution in [-0.4, -0.2) is 78.9 Å². The number of hydrogen-bond acceptors (Lipinski definition) is 11. The Hall–Kier alpha value is -5.85. The van der Waals surface area contributed by atoms with Crippen LogP contribution in [0.25, 0.3) is 0 Å². The first-order valence-corrected chi connectivity index (χ1v) is 14.8. The highest BCUT2D eigenvalue weighted by Gasteiger charge is 2.53. The SMILES string of the molecule is O=C(O)CO[C@H]1O[C@H](COC(=O)c2ccccc2)[C@@H](OC(=O)c2ccccc2)[C@H](OC(=O)c2ccccc2)[C@@H]1OC(=O)c1ccccc1. The van der Waals surface area contributed by atoms with Crippen LogP contribution in [-0.2, 0) is 33.2 Å². The number of carboxylic acid groups (broad SMARTS) is 1. The zero-order valence-electron chi connectivity index (χ0n) is 25.3. The number of carbonyl (C=O) groups excluding carboxylic acids is 4. The number of carboxylic acids is 1. The molecule has 4 aromatic rings. The first-order chi connectivity index (χ1) is 23.3. The summed E-state index contributed by atoms with van der Waals surface area (Å²) < 4.78 is 34.6. The molecule has 12 heteroatoms. The lowest BCUT2D eigenvalue weighted by atomic mass is 9.97. The average molecular weight is 655 g/mol. The Morgan fingerprint density at radius 2 is 0.896 bits per heavy atom. The average Bonchev–Trinajstić information content (AvgIpc) is 3.13. The second kappa shape index (κ2) is 16.1. The third-order valence-electron chi connectivity index (χ3n) is 7.11. The Balaban J connectivity index is 1.54. The summed E-state index contributed by atoms with van der Waals surface area (Å²) in [6.45, 7) is -1.47. The van der Waals surface area contributed by atoms with Crippen molar-refractivity contribution in [2.75, 3.05) is 13.2 Å². The van der Waals surface area contributed by atoms with Gasteiger partial charge in [0.25, 0.3) is 0 Å². The van der Waals surface area contributed by atoms with Crippen LogP contribution in [0.4, 0.5) is 0 Å². The largest absolute Gasteiger partial charge is 0.480 e. The van der Waals surface area contributed by atoms with Crippen LogP contribution in [0, 0.1) is 0 Å². The maximum atomic E-state index is 13.5. The van der Waals surface area contributed by atoms with Gasteiger partial charge >= 0.3 is 29.8 Å². The van der Waals surface area contributed by atoms with E-state index in [0.29, 0.717) is 0 Å². The molecule has 5 atom stereocenters. The van der Waals surface area contributed by atoms with Crippen molar-refractivity contribution >= 4 is 29.8 Å². The minimum absolute atomic E-state index is 0.111. The van der Waals surface area contributed by atoms with Crippen molar-refractivity contribution in [3.8, 4) is 0 Å². The van der Waals surface area contributed by atoms with Crippen molar-refractivity contribution in [3.05, 3.63) is 144 Å². The molecule has 1 fully saturated rings. The monoisotopic (exact) mass is 654 g/mol. The van der Waals surface area contributed by atoms with Gasteiger partial charge < -0.3 is 33.5 Å². The Morgan fingerprint density at radius 3 is 1.31 bits per heavy atom. The van der Waals surface area contributed by atoms with Gasteiger partial charge in [-0.15, -0.1) is 0 Å². The van der Waals surface area contributed by atoms with Crippen molar-refractivity contribution in [2.24, 2.45) is 0 Å². The Bertz CT molecular complexity index is 1700. The smallest absolute Gasteiger partial charge is 0.338 e. The normalized spacial score (nSPS) is 20.1. The first-order valence-electron chi connectivity index (χ1n) is 14.8. The van der Waals surface area contributed by atoms with Crippen molar-refractivity contribution in [1.82, 2.24) is 0 Å². The molecule has 1 aliphatic heterocycles. The molecule has 5 rings (SSSR count). The van der Waals surface area contributed by atoms with Gasteiger partial charge in [0.1, 0.15) is 19.3 Å². The van der Waals surface area contributed by atoms with E-state index in [2.05, 4.69) is 0 Å². The molecule has 0 aliphatic carbocycles. The molecule has 0 aromatic heterocycles. The molecule has 0 saturated carbocycles. The molecule has 48 heavy (non-hydrogen) atoms. The van der Waals surface area contributed by atoms with Crippen LogP contribution >= 0.6 is 0 Å². The number of carbonyl (C=O) groups is 5. The van der Waals surface area contributed by atoms with Gasteiger partial charge in [-0.25, -0.2) is 24.0 Å². The van der Waals surface area contributed by atoms with Crippen molar-refractivity contribution < 1.29 is 57.5 Å². The summed E-state index contributed by atoms with van der Waals surface area (Å²) in [6.07, 6.45) is -7.96. The number of ether oxygens (including phenoxy) is 6. The zero-order valence-corrected chi connectivity index (χ0v) is 25.3. The molecule has 0 spiro atoms. The Kier molecular flexibility index (Phi) is 11.3. The molecule has 1 N–H and O–H groups in total. The van der Waals surface area contributed by atoms with Crippen LogP contribution in [0.1, 0.15) is 41.4 Å². The quantitative estimate of drug-likeness (QED) is 0.170. The van der Waals surface area contributed by atoms with E-state index in [1.165, 1.54) is 48.5 Å². The Morgan fingerprint density at radius 1 is 0.521 bits per heavy atom. The van der Waals surface area contributed by atoms with Gasteiger partial charge in [0.15, 0.2) is 24.6 Å². The van der Waals surface area contributed by atoms with Gasteiger partial charge in [0.2, 0.25) is 0 Å². The van der Waals surface area contributed by atoms with E-state index in [-0.39, 0.29) is 22.3 Å². The van der Waals surface area contributed by atoms with Crippen molar-refractivity contribution in [2.45, 2.75) is 30.7 Å². The van der Waals surface area contributed by atoms with Gasteiger partial charge in [-0.05, 0) is 48.5 Å². The molecule has 1 aliphatic rings. The molecular weight excluding hydrogens is 624 g/mol. The predicted molar refractivity (Wildman–Crippen MR) is 166 cm³/mol. The van der Waals surface area contributed by atoms with E-state index in [1.54, 1.807) is 72.8 Å². The maximum absolute atomic E-state index is 13.5. The van der Waals surface area contributed by atoms with E-state index >= 15 is 0 Å². The summed E-state index contributed by atoms with van der Waals surface area (Å²) >= 11 is 0. The summed E-state index contributed by atoms with van der Waals surface area (Å²) in [4.78, 5) is 64.7. The zero-order chi connectivity index (χ0) is 33.9. The Labute approximate surface area is 274 Å². The van der Waals surface area contributed by atoms with Crippen molar-refractivity contribution in [1.29, 1.82) is 0 Å². The summed E-state index contributed by atoms with van der Waals surface area (Å²) in [6, 6.07) is 31.6. The maximum Gasteiger partial charge on any atom is 0.338 e. The minimum atomic E-state index is -1.69. The topological polar surface area (TPSA) is 161 Å². The number of benzene rings is 4. The molecule has 0 unspecified atom stereocenters. The molecule has 0 amide bonds. The van der Waals surface area contributed by atoms with Crippen molar-refractivity contribution in [3.63, 3.8) is 0 Å². The molecule has 0 radical (unpaired) electrons. The van der Waals surface area contributed by atoms with Crippen LogP contribution in [0.5, 0.6) is 0 Å². The lowest BCUT2D eigenvalue weighted by Crippen LogP contribution is -2.63. The van der Waals surface area contributed by atoms with Gasteiger partial charge in [-0.1, -0.05) is 72.8 Å². The second-order valence-electron chi connectivity index (χ2n) is 10.4. The highest BCUT2D eigenvalue weighted by atomic mass is 16.7. The fourth-order valence-electron chi connectivity index (χ4n) is 4.81. The number of esters is 4. The standard InChI is InChI=1S/C36H30O12/c37-28(38)22-44-36-31(48-35(42)26-19-11-4-12-20-26)30(47-34(41)25-17-9-3-10-18-25)29(46-33(40)24-15-7-2-8-16-24)27(45-36)21-43-32(39)23-13-5-1-6-14-23/h1-20,27,29-31,36H,21-22H2,(H,37,38)/t27-,29-,30+,31+,36+/m1/s1. The van der Waals surface area contributed by atoms with Gasteiger partial charge in [-0.3, -0.25) is 0 Å². The van der Waals surface area contributed by atoms with Crippen LogP contribution in [0.3, 0.4) is 0 Å². The molecular formula is C36H30O12. The number of aliphatic carboxylic acids is 1. The van der Waals surface area contributed by atoms with E-state index < -0.39 is 73.8 Å². The third-order valence-corrected chi connectivity index (χ3v) is 7.11. The highest BCUT2D eigenvalue weighted by molar-refractivity contribution is 5.91. The summed E-state index contributed by atoms with van der Waals surface area (Å²) in [5.74, 6) is -4.76.